The molecule has 0 aliphatic carbocycles. The first kappa shape index (κ1) is 8.37. The molecule has 0 unspecified atom stereocenters. The quantitative estimate of drug-likeness (QED) is 0.557. The van der Waals surface area contributed by atoms with Gasteiger partial charge in [0.1, 0.15) is 0 Å². The second kappa shape index (κ2) is 2.72. The summed E-state index contributed by atoms with van der Waals surface area (Å²) in [5.41, 5.74) is 0.163. The van der Waals surface area contributed by atoms with Gasteiger partial charge in [-0.3, -0.25) is 4.99 Å². The zero-order chi connectivity index (χ0) is 8.48. The maximum atomic E-state index is 4.33. The van der Waals surface area contributed by atoms with Crippen LogP contribution in [-0.2, 0) is 0 Å². The molecule has 1 rings (SSSR count). The van der Waals surface area contributed by atoms with Gasteiger partial charge >= 0.3 is 0 Å². The van der Waals surface area contributed by atoms with E-state index in [0.717, 1.165) is 19.0 Å². The first-order valence-electron chi connectivity index (χ1n) is 4.04. The molecule has 0 saturated carbocycles. The minimum Gasteiger partial charge on any atom is -0.354 e. The van der Waals surface area contributed by atoms with Crippen molar-refractivity contribution in [3.05, 3.63) is 0 Å². The molecule has 3 heteroatoms. The Morgan fingerprint density at radius 1 is 1.45 bits per heavy atom. The largest absolute Gasteiger partial charge is 0.354 e. The Balaban J connectivity index is 2.60. The summed E-state index contributed by atoms with van der Waals surface area (Å²) in [7, 11) is 2.07. The van der Waals surface area contributed by atoms with Crippen LogP contribution in [0.5, 0.6) is 0 Å². The fraction of sp³-hybridized carbons (Fsp3) is 0.875. The smallest absolute Gasteiger partial charge is 0.194 e. The van der Waals surface area contributed by atoms with Crippen LogP contribution in [0.25, 0.3) is 0 Å². The van der Waals surface area contributed by atoms with E-state index >= 15 is 0 Å². The molecule has 1 aliphatic rings. The summed E-state index contributed by atoms with van der Waals surface area (Å²) >= 11 is 0. The van der Waals surface area contributed by atoms with Gasteiger partial charge in [-0.15, -0.1) is 0 Å². The van der Waals surface area contributed by atoms with E-state index in [-0.39, 0.29) is 5.54 Å². The van der Waals surface area contributed by atoms with Crippen molar-refractivity contribution >= 4 is 5.96 Å². The Morgan fingerprint density at radius 2 is 2.09 bits per heavy atom. The molecule has 1 aliphatic heterocycles. The van der Waals surface area contributed by atoms with Crippen LogP contribution in [0.4, 0.5) is 0 Å². The Hall–Kier alpha value is -0.730. The second-order valence-electron chi connectivity index (χ2n) is 3.86. The molecule has 1 heterocycles. The lowest BCUT2D eigenvalue weighted by molar-refractivity contribution is 0.276. The monoisotopic (exact) mass is 155 g/mol. The van der Waals surface area contributed by atoms with Crippen LogP contribution in [0.3, 0.4) is 0 Å². The minimum atomic E-state index is 0.163. The number of aliphatic imine (C=N–C) groups is 1. The molecule has 3 nitrogen and oxygen atoms in total. The van der Waals surface area contributed by atoms with Gasteiger partial charge < -0.3 is 10.2 Å². The molecule has 0 aromatic carbocycles. The Bertz CT molecular complexity index is 167. The molecule has 0 saturated heterocycles. The van der Waals surface area contributed by atoms with Gasteiger partial charge in [-0.2, -0.15) is 0 Å². The lowest BCUT2D eigenvalue weighted by atomic mass is 10.1. The molecule has 0 aromatic heterocycles. The number of hydrogen-bond donors (Lipinski definition) is 1. The van der Waals surface area contributed by atoms with Crippen molar-refractivity contribution in [1.82, 2.24) is 10.2 Å². The molecule has 64 valence electrons. The van der Waals surface area contributed by atoms with E-state index in [1.165, 1.54) is 0 Å². The number of nitrogens with zero attached hydrogens (tertiary/aromatic N) is 2. The maximum absolute atomic E-state index is 4.33. The fourth-order valence-electron chi connectivity index (χ4n) is 0.928. The Morgan fingerprint density at radius 3 is 2.45 bits per heavy atom. The van der Waals surface area contributed by atoms with Gasteiger partial charge in [0.25, 0.3) is 0 Å². The van der Waals surface area contributed by atoms with E-state index in [1.54, 1.807) is 0 Å². The van der Waals surface area contributed by atoms with Crippen molar-refractivity contribution in [3.8, 4) is 0 Å². The molecule has 0 atom stereocenters. The molecule has 0 fully saturated rings. The zero-order valence-electron chi connectivity index (χ0n) is 7.81. The van der Waals surface area contributed by atoms with Gasteiger partial charge in [0.15, 0.2) is 5.96 Å². The minimum absolute atomic E-state index is 0.163. The third-order valence-corrected chi connectivity index (χ3v) is 1.98. The SMILES string of the molecule is CN(C1=NCCN1)C(C)(C)C. The van der Waals surface area contributed by atoms with E-state index < -0.39 is 0 Å². The van der Waals surface area contributed by atoms with E-state index in [0.29, 0.717) is 0 Å². The average molecular weight is 155 g/mol. The number of rotatable bonds is 0. The third-order valence-electron chi connectivity index (χ3n) is 1.98. The highest BCUT2D eigenvalue weighted by Gasteiger charge is 2.21. The van der Waals surface area contributed by atoms with E-state index in [4.69, 9.17) is 0 Å². The van der Waals surface area contributed by atoms with Crippen molar-refractivity contribution in [3.63, 3.8) is 0 Å². The summed E-state index contributed by atoms with van der Waals surface area (Å²) in [4.78, 5) is 6.50. The molecule has 0 radical (unpaired) electrons. The summed E-state index contributed by atoms with van der Waals surface area (Å²) in [5.74, 6) is 1.03. The van der Waals surface area contributed by atoms with Crippen LogP contribution in [0.2, 0.25) is 0 Å². The fourth-order valence-corrected chi connectivity index (χ4v) is 0.928. The lowest BCUT2D eigenvalue weighted by Crippen LogP contribution is -2.47. The molecule has 0 aromatic rings. The second-order valence-corrected chi connectivity index (χ2v) is 3.86. The number of hydrogen-bond acceptors (Lipinski definition) is 3. The summed E-state index contributed by atoms with van der Waals surface area (Å²) in [6, 6.07) is 0. The van der Waals surface area contributed by atoms with Crippen molar-refractivity contribution in [2.75, 3.05) is 20.1 Å². The predicted octanol–water partition coefficient (Wildman–Crippen LogP) is 0.676. The Kier molecular flexibility index (Phi) is 2.07. The highest BCUT2D eigenvalue weighted by Crippen LogP contribution is 2.11. The van der Waals surface area contributed by atoms with Crippen LogP contribution < -0.4 is 5.32 Å². The molecule has 0 amide bonds. The average Bonchev–Trinajstić information content (AvgIpc) is 2.34. The van der Waals surface area contributed by atoms with Crippen LogP contribution in [0.15, 0.2) is 4.99 Å². The van der Waals surface area contributed by atoms with Gasteiger partial charge in [-0.1, -0.05) is 0 Å². The van der Waals surface area contributed by atoms with Crippen LogP contribution >= 0.6 is 0 Å². The van der Waals surface area contributed by atoms with Gasteiger partial charge in [-0.05, 0) is 20.8 Å². The molecular weight excluding hydrogens is 138 g/mol. The van der Waals surface area contributed by atoms with E-state index in [2.05, 4.69) is 43.0 Å². The Labute approximate surface area is 68.5 Å². The topological polar surface area (TPSA) is 27.6 Å². The first-order valence-corrected chi connectivity index (χ1v) is 4.04. The van der Waals surface area contributed by atoms with Crippen LogP contribution in [0.1, 0.15) is 20.8 Å². The zero-order valence-corrected chi connectivity index (χ0v) is 7.81. The van der Waals surface area contributed by atoms with Gasteiger partial charge in [0.05, 0.1) is 6.54 Å². The third kappa shape index (κ3) is 1.85. The van der Waals surface area contributed by atoms with E-state index in [9.17, 15) is 0 Å². The summed E-state index contributed by atoms with van der Waals surface area (Å²) in [6.45, 7) is 8.42. The van der Waals surface area contributed by atoms with Crippen molar-refractivity contribution < 1.29 is 0 Å². The highest BCUT2D eigenvalue weighted by atomic mass is 15.3. The molecule has 1 N–H and O–H groups in total. The number of guanidine groups is 1. The first-order chi connectivity index (χ1) is 5.02. The predicted molar refractivity (Wildman–Crippen MR) is 47.8 cm³/mol. The molecule has 0 bridgehead atoms. The van der Waals surface area contributed by atoms with Gasteiger partial charge in [0.2, 0.25) is 0 Å². The summed E-state index contributed by atoms with van der Waals surface area (Å²) < 4.78 is 0. The van der Waals surface area contributed by atoms with Crippen LogP contribution in [0, 0.1) is 0 Å². The van der Waals surface area contributed by atoms with Crippen molar-refractivity contribution in [2.45, 2.75) is 26.3 Å². The lowest BCUT2D eigenvalue weighted by Gasteiger charge is -2.33. The molecule has 11 heavy (non-hydrogen) atoms. The summed E-state index contributed by atoms with van der Waals surface area (Å²) in [6.07, 6.45) is 0. The standard InChI is InChI=1S/C8H17N3/c1-8(2,3)11(4)7-9-5-6-10-7/h5-6H2,1-4H3,(H,9,10). The maximum Gasteiger partial charge on any atom is 0.194 e. The van der Waals surface area contributed by atoms with Gasteiger partial charge in [-0.25, -0.2) is 0 Å². The van der Waals surface area contributed by atoms with Crippen molar-refractivity contribution in [2.24, 2.45) is 4.99 Å². The number of nitrogens with one attached hydrogen (secondary N) is 1. The van der Waals surface area contributed by atoms with E-state index in [1.807, 2.05) is 0 Å². The normalized spacial score (nSPS) is 17.6. The molecule has 0 spiro atoms. The van der Waals surface area contributed by atoms with Crippen LogP contribution in [-0.4, -0.2) is 36.5 Å². The highest BCUT2D eigenvalue weighted by molar-refractivity contribution is 5.81. The van der Waals surface area contributed by atoms with Crippen molar-refractivity contribution in [1.29, 1.82) is 0 Å². The molecular formula is C8H17N3. The van der Waals surface area contributed by atoms with Gasteiger partial charge in [0, 0.05) is 19.1 Å². The summed E-state index contributed by atoms with van der Waals surface area (Å²) in [5, 5.41) is 3.24.